The van der Waals surface area contributed by atoms with Crippen LogP contribution in [0.1, 0.15) is 15.9 Å². The Morgan fingerprint density at radius 2 is 2.05 bits per heavy atom. The molecule has 6 nitrogen and oxygen atoms in total. The van der Waals surface area contributed by atoms with Crippen LogP contribution in [0.4, 0.5) is 5.69 Å². The fraction of sp³-hybridized carbons (Fsp3) is 0.462. The van der Waals surface area contributed by atoms with E-state index in [4.69, 9.17) is 0 Å². The lowest BCUT2D eigenvalue weighted by Gasteiger charge is -2.08. The molecule has 1 amide bonds. The molecular formula is C13H16ClN3O3. The maximum absolute atomic E-state index is 12.1. The Hall–Kier alpha value is -1.66. The van der Waals surface area contributed by atoms with E-state index in [0.29, 0.717) is 23.0 Å². The summed E-state index contributed by atoms with van der Waals surface area (Å²) in [6.07, 6.45) is 0. The third-order valence-electron chi connectivity index (χ3n) is 4.05. The first-order chi connectivity index (χ1) is 9.08. The third kappa shape index (κ3) is 2.48. The molecule has 7 heteroatoms. The average Bonchev–Trinajstić information content (AvgIpc) is 2.82. The van der Waals surface area contributed by atoms with Crippen LogP contribution >= 0.6 is 12.4 Å². The van der Waals surface area contributed by atoms with Gasteiger partial charge in [0.25, 0.3) is 11.6 Å². The lowest BCUT2D eigenvalue weighted by molar-refractivity contribution is -0.385. The summed E-state index contributed by atoms with van der Waals surface area (Å²) in [6.45, 7) is 3.58. The minimum absolute atomic E-state index is 0. The minimum Gasteiger partial charge on any atom is -0.349 e. The number of rotatable bonds is 3. The van der Waals surface area contributed by atoms with Gasteiger partial charge in [0.15, 0.2) is 0 Å². The van der Waals surface area contributed by atoms with Crippen molar-refractivity contribution in [2.75, 3.05) is 13.1 Å². The van der Waals surface area contributed by atoms with Gasteiger partial charge in [-0.15, -0.1) is 12.4 Å². The SMILES string of the molecule is Cc1cc(C(=O)NC2C3CNCC32)ccc1[N+](=O)[O-].Cl. The van der Waals surface area contributed by atoms with Crippen molar-refractivity contribution in [1.29, 1.82) is 0 Å². The van der Waals surface area contributed by atoms with Gasteiger partial charge >= 0.3 is 0 Å². The molecule has 0 bridgehead atoms. The van der Waals surface area contributed by atoms with Gasteiger partial charge in [-0.05, 0) is 30.9 Å². The number of nitrogens with zero attached hydrogens (tertiary/aromatic N) is 1. The number of hydrogen-bond donors (Lipinski definition) is 2. The molecule has 20 heavy (non-hydrogen) atoms. The van der Waals surface area contributed by atoms with Gasteiger partial charge in [-0.25, -0.2) is 0 Å². The van der Waals surface area contributed by atoms with Crippen molar-refractivity contribution >= 4 is 24.0 Å². The maximum atomic E-state index is 12.1. The van der Waals surface area contributed by atoms with Gasteiger partial charge in [0.2, 0.25) is 0 Å². The molecule has 0 radical (unpaired) electrons. The highest BCUT2D eigenvalue weighted by molar-refractivity contribution is 5.95. The molecule has 0 aromatic heterocycles. The number of piperidine rings is 1. The highest BCUT2D eigenvalue weighted by Crippen LogP contribution is 2.41. The van der Waals surface area contributed by atoms with Crippen molar-refractivity contribution in [3.63, 3.8) is 0 Å². The quantitative estimate of drug-likeness (QED) is 0.650. The van der Waals surface area contributed by atoms with Gasteiger partial charge in [-0.2, -0.15) is 0 Å². The summed E-state index contributed by atoms with van der Waals surface area (Å²) in [5.41, 5.74) is 1.04. The van der Waals surface area contributed by atoms with E-state index in [9.17, 15) is 14.9 Å². The number of carbonyl (C=O) groups excluding carboxylic acids is 1. The zero-order chi connectivity index (χ0) is 13.6. The summed E-state index contributed by atoms with van der Waals surface area (Å²) in [4.78, 5) is 22.3. The summed E-state index contributed by atoms with van der Waals surface area (Å²) >= 11 is 0. The Morgan fingerprint density at radius 1 is 1.40 bits per heavy atom. The zero-order valence-electron chi connectivity index (χ0n) is 11.0. The van der Waals surface area contributed by atoms with Crippen LogP contribution in [0.3, 0.4) is 0 Å². The molecule has 1 aliphatic carbocycles. The molecule has 3 rings (SSSR count). The monoisotopic (exact) mass is 297 g/mol. The molecular weight excluding hydrogens is 282 g/mol. The minimum atomic E-state index is -0.437. The molecule has 108 valence electrons. The molecule has 1 aliphatic heterocycles. The molecule has 2 unspecified atom stereocenters. The van der Waals surface area contributed by atoms with Crippen LogP contribution in [-0.2, 0) is 0 Å². The third-order valence-corrected chi connectivity index (χ3v) is 4.05. The number of nitro benzene ring substituents is 1. The van der Waals surface area contributed by atoms with Crippen molar-refractivity contribution in [1.82, 2.24) is 10.6 Å². The number of amides is 1. The van der Waals surface area contributed by atoms with Crippen molar-refractivity contribution in [2.45, 2.75) is 13.0 Å². The fourth-order valence-electron chi connectivity index (χ4n) is 2.87. The topological polar surface area (TPSA) is 84.3 Å². The molecule has 1 saturated carbocycles. The Bertz CT molecular complexity index is 554. The first-order valence-corrected chi connectivity index (χ1v) is 6.34. The smallest absolute Gasteiger partial charge is 0.272 e. The Kier molecular flexibility index (Phi) is 3.96. The summed E-state index contributed by atoms with van der Waals surface area (Å²) in [7, 11) is 0. The van der Waals surface area contributed by atoms with Crippen molar-refractivity contribution < 1.29 is 9.72 Å². The first kappa shape index (κ1) is 14.7. The van der Waals surface area contributed by atoms with E-state index in [2.05, 4.69) is 10.6 Å². The molecule has 2 N–H and O–H groups in total. The molecule has 2 fully saturated rings. The number of aryl methyl sites for hydroxylation is 1. The second-order valence-electron chi connectivity index (χ2n) is 5.24. The number of nitro groups is 1. The number of halogens is 1. The number of benzene rings is 1. The average molecular weight is 298 g/mol. The van der Waals surface area contributed by atoms with Gasteiger partial charge in [0, 0.05) is 36.3 Å². The molecule has 1 aromatic rings. The van der Waals surface area contributed by atoms with E-state index >= 15 is 0 Å². The summed E-state index contributed by atoms with van der Waals surface area (Å²) < 4.78 is 0. The second-order valence-corrected chi connectivity index (χ2v) is 5.24. The van der Waals surface area contributed by atoms with Crippen molar-refractivity contribution in [2.24, 2.45) is 11.8 Å². The van der Waals surface area contributed by atoms with E-state index in [1.54, 1.807) is 13.0 Å². The van der Waals surface area contributed by atoms with E-state index < -0.39 is 4.92 Å². The van der Waals surface area contributed by atoms with Crippen LogP contribution in [0, 0.1) is 28.9 Å². The predicted molar refractivity (Wildman–Crippen MR) is 76.2 cm³/mol. The van der Waals surface area contributed by atoms with Crippen LogP contribution in [0.15, 0.2) is 18.2 Å². The largest absolute Gasteiger partial charge is 0.349 e. The maximum Gasteiger partial charge on any atom is 0.272 e. The van der Waals surface area contributed by atoms with Gasteiger partial charge < -0.3 is 10.6 Å². The molecule has 1 aromatic carbocycles. The van der Waals surface area contributed by atoms with Crippen LogP contribution in [0.5, 0.6) is 0 Å². The lowest BCUT2D eigenvalue weighted by atomic mass is 10.1. The van der Waals surface area contributed by atoms with E-state index in [0.717, 1.165) is 13.1 Å². The fourth-order valence-corrected chi connectivity index (χ4v) is 2.87. The summed E-state index contributed by atoms with van der Waals surface area (Å²) in [5.74, 6) is 0.976. The molecule has 0 spiro atoms. The number of fused-ring (bicyclic) bond motifs is 1. The predicted octanol–water partition coefficient (Wildman–Crippen LogP) is 1.27. The molecule has 2 aliphatic rings. The van der Waals surface area contributed by atoms with Gasteiger partial charge in [-0.1, -0.05) is 0 Å². The van der Waals surface area contributed by atoms with Gasteiger partial charge in [-0.3, -0.25) is 14.9 Å². The Morgan fingerprint density at radius 3 is 2.60 bits per heavy atom. The summed E-state index contributed by atoms with van der Waals surface area (Å²) in [6, 6.07) is 4.74. The summed E-state index contributed by atoms with van der Waals surface area (Å²) in [5, 5.41) is 17.0. The van der Waals surface area contributed by atoms with Crippen LogP contribution < -0.4 is 10.6 Å². The number of hydrogen-bond acceptors (Lipinski definition) is 4. The van der Waals surface area contributed by atoms with Crippen molar-refractivity contribution in [3.05, 3.63) is 39.4 Å². The first-order valence-electron chi connectivity index (χ1n) is 6.34. The Balaban J connectivity index is 0.00000147. The highest BCUT2D eigenvalue weighted by Gasteiger charge is 2.53. The van der Waals surface area contributed by atoms with E-state index in [-0.39, 0.29) is 30.0 Å². The van der Waals surface area contributed by atoms with Crippen LogP contribution in [-0.4, -0.2) is 30.0 Å². The highest BCUT2D eigenvalue weighted by atomic mass is 35.5. The van der Waals surface area contributed by atoms with Gasteiger partial charge in [0.05, 0.1) is 4.92 Å². The molecule has 1 heterocycles. The van der Waals surface area contributed by atoms with Gasteiger partial charge in [0.1, 0.15) is 0 Å². The second kappa shape index (κ2) is 5.38. The van der Waals surface area contributed by atoms with Crippen LogP contribution in [0.25, 0.3) is 0 Å². The normalized spacial score (nSPS) is 26.4. The molecule has 2 atom stereocenters. The zero-order valence-corrected chi connectivity index (χ0v) is 11.8. The van der Waals surface area contributed by atoms with E-state index in [1.807, 2.05) is 0 Å². The van der Waals surface area contributed by atoms with Crippen LogP contribution in [0.2, 0.25) is 0 Å². The lowest BCUT2D eigenvalue weighted by Crippen LogP contribution is -2.32. The number of carbonyl (C=O) groups is 1. The number of nitrogens with one attached hydrogen (secondary N) is 2. The Labute approximate surface area is 122 Å². The van der Waals surface area contributed by atoms with E-state index in [1.165, 1.54) is 12.1 Å². The molecule has 1 saturated heterocycles. The van der Waals surface area contributed by atoms with Crippen molar-refractivity contribution in [3.8, 4) is 0 Å². The standard InChI is InChI=1S/C13H15N3O3.ClH/c1-7-4-8(2-3-11(7)16(18)19)13(17)15-12-9-5-14-6-10(9)12;/h2-4,9-10,12,14H,5-6H2,1H3,(H,15,17);1H.